The van der Waals surface area contributed by atoms with Crippen molar-refractivity contribution in [2.24, 2.45) is 0 Å². The summed E-state index contributed by atoms with van der Waals surface area (Å²) in [6.45, 7) is 4.07. The zero-order chi connectivity index (χ0) is 26.5. The second kappa shape index (κ2) is 9.25. The van der Waals surface area contributed by atoms with Crippen molar-refractivity contribution in [1.82, 2.24) is 29.0 Å². The number of piperidine rings is 1. The maximum atomic E-state index is 14.0. The van der Waals surface area contributed by atoms with E-state index in [-0.39, 0.29) is 25.4 Å². The SMILES string of the molecule is COc1ccc(F)cc1CCn1c(=O)n(C2(C)CCC(=O)N(C)C2)c(=O)c2c(C)c(-n3nccn3)sc21. The minimum Gasteiger partial charge on any atom is -0.496 e. The first-order valence-corrected chi connectivity index (χ1v) is 12.7. The van der Waals surface area contributed by atoms with E-state index in [0.717, 1.165) is 0 Å². The number of amides is 1. The number of likely N-dealkylation sites (N-methyl/N-ethyl adjacent to an activating group) is 1. The van der Waals surface area contributed by atoms with Crippen molar-refractivity contribution in [1.29, 1.82) is 0 Å². The number of aromatic nitrogens is 5. The molecule has 1 aliphatic rings. The first kappa shape index (κ1) is 24.9. The highest BCUT2D eigenvalue weighted by Gasteiger charge is 2.38. The molecule has 37 heavy (non-hydrogen) atoms. The summed E-state index contributed by atoms with van der Waals surface area (Å²) in [6.07, 6.45) is 3.99. The van der Waals surface area contributed by atoms with Crippen molar-refractivity contribution in [2.45, 2.75) is 45.2 Å². The Labute approximate surface area is 215 Å². The number of fused-ring (bicyclic) bond motifs is 1. The van der Waals surface area contributed by atoms with Crippen LogP contribution in [0.5, 0.6) is 5.75 Å². The third-order valence-electron chi connectivity index (χ3n) is 7.06. The van der Waals surface area contributed by atoms with Crippen molar-refractivity contribution >= 4 is 27.5 Å². The van der Waals surface area contributed by atoms with E-state index in [1.165, 1.54) is 39.9 Å². The van der Waals surface area contributed by atoms with Gasteiger partial charge in [-0.05, 0) is 50.5 Å². The van der Waals surface area contributed by atoms with E-state index >= 15 is 0 Å². The maximum absolute atomic E-state index is 14.0. The molecule has 1 atom stereocenters. The van der Waals surface area contributed by atoms with Gasteiger partial charge in [-0.15, -0.1) is 4.80 Å². The Bertz CT molecular complexity index is 1620. The number of rotatable bonds is 6. The molecule has 0 spiro atoms. The minimum absolute atomic E-state index is 0.0242. The van der Waals surface area contributed by atoms with Gasteiger partial charge in [0.1, 0.15) is 21.4 Å². The van der Waals surface area contributed by atoms with Crippen LogP contribution >= 0.6 is 11.3 Å². The number of hydrogen-bond acceptors (Lipinski definition) is 7. The predicted molar refractivity (Wildman–Crippen MR) is 137 cm³/mol. The molecule has 1 saturated heterocycles. The normalized spacial score (nSPS) is 18.1. The van der Waals surface area contributed by atoms with Crippen LogP contribution in [0.3, 0.4) is 0 Å². The first-order valence-electron chi connectivity index (χ1n) is 11.9. The Hall–Kier alpha value is -3.80. The number of carbonyl (C=O) groups excluding carboxylic acids is 1. The van der Waals surface area contributed by atoms with Gasteiger partial charge in [-0.2, -0.15) is 10.2 Å². The van der Waals surface area contributed by atoms with Crippen LogP contribution in [0.4, 0.5) is 4.39 Å². The summed E-state index contributed by atoms with van der Waals surface area (Å²) in [5, 5.41) is 9.46. The number of benzene rings is 1. The van der Waals surface area contributed by atoms with Gasteiger partial charge < -0.3 is 9.64 Å². The summed E-state index contributed by atoms with van der Waals surface area (Å²) in [6, 6.07) is 4.26. The Kier molecular flexibility index (Phi) is 6.22. The van der Waals surface area contributed by atoms with Gasteiger partial charge in [0.25, 0.3) is 5.56 Å². The number of ether oxygens (including phenoxy) is 1. The van der Waals surface area contributed by atoms with Gasteiger partial charge in [0.05, 0.1) is 30.4 Å². The van der Waals surface area contributed by atoms with Crippen LogP contribution in [-0.2, 0) is 23.3 Å². The van der Waals surface area contributed by atoms with Crippen molar-refractivity contribution in [3.63, 3.8) is 0 Å². The van der Waals surface area contributed by atoms with E-state index in [0.29, 0.717) is 44.9 Å². The lowest BCUT2D eigenvalue weighted by molar-refractivity contribution is -0.135. The maximum Gasteiger partial charge on any atom is 0.332 e. The minimum atomic E-state index is -0.887. The summed E-state index contributed by atoms with van der Waals surface area (Å²) < 4.78 is 22.3. The molecule has 194 valence electrons. The van der Waals surface area contributed by atoms with E-state index in [1.807, 2.05) is 13.8 Å². The summed E-state index contributed by atoms with van der Waals surface area (Å²) in [5.74, 6) is 0.0887. The standard InChI is InChI=1S/C25H27FN6O4S/c1-15-20-21(34)31(25(2)9-7-19(33)29(3)14-25)24(35)30(23(20)37-22(15)32-27-10-11-28-32)12-8-16-13-17(26)5-6-18(16)36-4/h5-6,10-11,13H,7-9,12,14H2,1-4H3. The third-order valence-corrected chi connectivity index (χ3v) is 8.34. The van der Waals surface area contributed by atoms with E-state index in [9.17, 15) is 18.8 Å². The number of carbonyl (C=O) groups is 1. The summed E-state index contributed by atoms with van der Waals surface area (Å²) >= 11 is 1.26. The number of halogens is 1. The summed E-state index contributed by atoms with van der Waals surface area (Å²) in [4.78, 5) is 43.7. The van der Waals surface area contributed by atoms with E-state index in [1.54, 1.807) is 35.0 Å². The van der Waals surface area contributed by atoms with Gasteiger partial charge in [0.2, 0.25) is 5.91 Å². The summed E-state index contributed by atoms with van der Waals surface area (Å²) in [5.41, 5.74) is -0.495. The van der Waals surface area contributed by atoms with Crippen LogP contribution in [0, 0.1) is 12.7 Å². The highest BCUT2D eigenvalue weighted by Crippen LogP contribution is 2.33. The van der Waals surface area contributed by atoms with Gasteiger partial charge in [-0.3, -0.25) is 18.7 Å². The Morgan fingerprint density at radius 2 is 1.92 bits per heavy atom. The van der Waals surface area contributed by atoms with Crippen molar-refractivity contribution in [2.75, 3.05) is 20.7 Å². The molecule has 0 bridgehead atoms. The number of thiophene rings is 1. The smallest absolute Gasteiger partial charge is 0.332 e. The zero-order valence-electron chi connectivity index (χ0n) is 21.0. The largest absolute Gasteiger partial charge is 0.496 e. The van der Waals surface area contributed by atoms with Crippen molar-refractivity contribution in [3.05, 3.63) is 68.4 Å². The van der Waals surface area contributed by atoms with Crippen LogP contribution in [0.1, 0.15) is 30.9 Å². The fourth-order valence-corrected chi connectivity index (χ4v) is 6.36. The van der Waals surface area contributed by atoms with Crippen molar-refractivity contribution < 1.29 is 13.9 Å². The second-order valence-electron chi connectivity index (χ2n) is 9.56. The molecule has 1 aliphatic heterocycles. The molecule has 1 aromatic carbocycles. The van der Waals surface area contributed by atoms with Crippen LogP contribution in [-0.4, -0.2) is 55.6 Å². The molecule has 1 amide bonds. The summed E-state index contributed by atoms with van der Waals surface area (Å²) in [7, 11) is 3.18. The van der Waals surface area contributed by atoms with Crippen LogP contribution in [0.2, 0.25) is 0 Å². The number of aryl methyl sites for hydroxylation is 3. The van der Waals surface area contributed by atoms with E-state index in [2.05, 4.69) is 10.2 Å². The highest BCUT2D eigenvalue weighted by atomic mass is 32.1. The van der Waals surface area contributed by atoms with Crippen LogP contribution in [0.25, 0.3) is 15.2 Å². The van der Waals surface area contributed by atoms with Gasteiger partial charge in [0.15, 0.2) is 0 Å². The Morgan fingerprint density at radius 1 is 1.19 bits per heavy atom. The molecule has 1 fully saturated rings. The fourth-order valence-electron chi connectivity index (χ4n) is 5.12. The van der Waals surface area contributed by atoms with Gasteiger partial charge in [-0.25, -0.2) is 9.18 Å². The van der Waals surface area contributed by atoms with E-state index < -0.39 is 22.6 Å². The Balaban J connectivity index is 1.73. The second-order valence-corrected chi connectivity index (χ2v) is 10.5. The Morgan fingerprint density at radius 3 is 2.59 bits per heavy atom. The van der Waals surface area contributed by atoms with Crippen molar-refractivity contribution in [3.8, 4) is 10.8 Å². The van der Waals surface area contributed by atoms with Gasteiger partial charge in [0, 0.05) is 32.1 Å². The van der Waals surface area contributed by atoms with E-state index in [4.69, 9.17) is 4.74 Å². The average molecular weight is 527 g/mol. The molecule has 12 heteroatoms. The van der Waals surface area contributed by atoms with Crippen LogP contribution in [0.15, 0.2) is 40.2 Å². The molecule has 0 radical (unpaired) electrons. The van der Waals surface area contributed by atoms with Gasteiger partial charge in [-0.1, -0.05) is 11.3 Å². The predicted octanol–water partition coefficient (Wildman–Crippen LogP) is 2.47. The molecular weight excluding hydrogens is 499 g/mol. The number of hydrogen-bond donors (Lipinski definition) is 0. The molecule has 4 heterocycles. The fraction of sp³-hybridized carbons (Fsp3) is 0.400. The number of methoxy groups -OCH3 is 1. The lowest BCUT2D eigenvalue weighted by Gasteiger charge is -2.39. The monoisotopic (exact) mass is 526 g/mol. The first-order chi connectivity index (χ1) is 17.6. The molecule has 0 saturated carbocycles. The van der Waals surface area contributed by atoms with Gasteiger partial charge >= 0.3 is 5.69 Å². The molecule has 0 aliphatic carbocycles. The number of nitrogens with zero attached hydrogens (tertiary/aromatic N) is 6. The molecule has 3 aromatic heterocycles. The van der Waals surface area contributed by atoms with Crippen LogP contribution < -0.4 is 16.0 Å². The molecule has 4 aromatic rings. The lowest BCUT2D eigenvalue weighted by Crippen LogP contribution is -2.57. The quantitative estimate of drug-likeness (QED) is 0.382. The average Bonchev–Trinajstić information content (AvgIpc) is 3.50. The zero-order valence-corrected chi connectivity index (χ0v) is 21.8. The third kappa shape index (κ3) is 4.14. The molecule has 0 N–H and O–H groups in total. The number of likely N-dealkylation sites (tertiary alicyclic amines) is 1. The molecular formula is C25H27FN6O4S. The molecule has 10 nitrogen and oxygen atoms in total. The highest BCUT2D eigenvalue weighted by molar-refractivity contribution is 7.21. The molecule has 5 rings (SSSR count). The molecule has 1 unspecified atom stereocenters. The topological polar surface area (TPSA) is 104 Å². The lowest BCUT2D eigenvalue weighted by atomic mass is 9.90.